The Kier molecular flexibility index (Phi) is 5.13. The third-order valence-electron chi connectivity index (χ3n) is 2.13. The van der Waals surface area contributed by atoms with Gasteiger partial charge in [0.25, 0.3) is 0 Å². The van der Waals surface area contributed by atoms with E-state index in [1.807, 2.05) is 0 Å². The summed E-state index contributed by atoms with van der Waals surface area (Å²) >= 11 is 5.61. The molecule has 7 heteroatoms. The van der Waals surface area contributed by atoms with E-state index in [0.717, 1.165) is 0 Å². The largest absolute Gasteiger partial charge is 0.325 e. The van der Waals surface area contributed by atoms with Gasteiger partial charge in [-0.05, 0) is 31.2 Å². The Bertz CT molecular complexity index is 512. The van der Waals surface area contributed by atoms with Gasteiger partial charge in [0.15, 0.2) is 0 Å². The Balaban J connectivity index is 2.84. The highest BCUT2D eigenvalue weighted by molar-refractivity contribution is 7.89. The van der Waals surface area contributed by atoms with Gasteiger partial charge in [-0.15, -0.1) is 11.6 Å². The quantitative estimate of drug-likeness (QED) is 0.808. The van der Waals surface area contributed by atoms with Crippen LogP contribution in [0.25, 0.3) is 0 Å². The molecule has 1 rings (SSSR count). The van der Waals surface area contributed by atoms with Crippen molar-refractivity contribution >= 4 is 33.2 Å². The molecule has 0 aliphatic heterocycles. The van der Waals surface area contributed by atoms with Crippen molar-refractivity contribution in [1.82, 2.24) is 4.72 Å². The third-order valence-corrected chi connectivity index (χ3v) is 3.89. The second-order valence-electron chi connectivity index (χ2n) is 3.63. The van der Waals surface area contributed by atoms with Crippen LogP contribution in [-0.2, 0) is 14.8 Å². The van der Waals surface area contributed by atoms with Crippen LogP contribution in [0.3, 0.4) is 0 Å². The van der Waals surface area contributed by atoms with Crippen molar-refractivity contribution < 1.29 is 13.2 Å². The number of rotatable bonds is 5. The number of amides is 1. The molecule has 1 amide bonds. The van der Waals surface area contributed by atoms with Crippen molar-refractivity contribution in [2.45, 2.75) is 24.1 Å². The van der Waals surface area contributed by atoms with E-state index < -0.39 is 15.4 Å². The van der Waals surface area contributed by atoms with Crippen molar-refractivity contribution in [3.63, 3.8) is 0 Å². The molecule has 0 fully saturated rings. The Morgan fingerprint density at radius 1 is 1.33 bits per heavy atom. The second-order valence-corrected chi connectivity index (χ2v) is 6.05. The van der Waals surface area contributed by atoms with E-state index in [-0.39, 0.29) is 10.8 Å². The summed E-state index contributed by atoms with van der Waals surface area (Å²) in [4.78, 5) is 11.5. The second kappa shape index (κ2) is 6.17. The van der Waals surface area contributed by atoms with E-state index in [1.165, 1.54) is 24.3 Å². The summed E-state index contributed by atoms with van der Waals surface area (Å²) in [5.41, 5.74) is 0.503. The number of hydrogen-bond acceptors (Lipinski definition) is 3. The predicted molar refractivity (Wildman–Crippen MR) is 71.2 cm³/mol. The van der Waals surface area contributed by atoms with E-state index in [4.69, 9.17) is 11.6 Å². The molecule has 1 aromatic carbocycles. The standard InChI is InChI=1S/C11H15ClN2O3S/c1-3-13-18(16,17)10-6-4-9(5-7-10)14-11(15)8(2)12/h4-8,13H,3H2,1-2H3,(H,14,15). The predicted octanol–water partition coefficient (Wildman–Crippen LogP) is 1.55. The maximum absolute atomic E-state index is 11.7. The van der Waals surface area contributed by atoms with Crippen LogP contribution in [0.1, 0.15) is 13.8 Å². The molecule has 2 N–H and O–H groups in total. The average Bonchev–Trinajstić information content (AvgIpc) is 2.29. The summed E-state index contributed by atoms with van der Waals surface area (Å²) in [6.45, 7) is 3.58. The minimum Gasteiger partial charge on any atom is -0.325 e. The molecule has 0 bridgehead atoms. The van der Waals surface area contributed by atoms with Gasteiger partial charge in [0.05, 0.1) is 4.90 Å². The molecule has 5 nitrogen and oxygen atoms in total. The van der Waals surface area contributed by atoms with Crippen LogP contribution < -0.4 is 10.0 Å². The average molecular weight is 291 g/mol. The van der Waals surface area contributed by atoms with Gasteiger partial charge in [-0.1, -0.05) is 6.92 Å². The van der Waals surface area contributed by atoms with E-state index in [2.05, 4.69) is 10.0 Å². The number of halogens is 1. The molecule has 0 radical (unpaired) electrons. The van der Waals surface area contributed by atoms with Gasteiger partial charge >= 0.3 is 0 Å². The molecule has 0 aliphatic carbocycles. The fourth-order valence-corrected chi connectivity index (χ4v) is 2.33. The lowest BCUT2D eigenvalue weighted by atomic mass is 10.3. The summed E-state index contributed by atoms with van der Waals surface area (Å²) < 4.78 is 25.7. The highest BCUT2D eigenvalue weighted by Gasteiger charge is 2.13. The minimum absolute atomic E-state index is 0.154. The maximum Gasteiger partial charge on any atom is 0.242 e. The molecule has 0 aliphatic rings. The topological polar surface area (TPSA) is 75.3 Å². The summed E-state index contributed by atoms with van der Waals surface area (Å²) in [7, 11) is -3.46. The number of sulfonamides is 1. The highest BCUT2D eigenvalue weighted by atomic mass is 35.5. The van der Waals surface area contributed by atoms with Gasteiger partial charge < -0.3 is 5.32 Å². The summed E-state index contributed by atoms with van der Waals surface area (Å²) in [6, 6.07) is 5.88. The third kappa shape index (κ3) is 3.97. The first-order chi connectivity index (χ1) is 8.36. The number of benzene rings is 1. The first-order valence-electron chi connectivity index (χ1n) is 5.41. The molecule has 0 saturated heterocycles. The van der Waals surface area contributed by atoms with Crippen molar-refractivity contribution in [1.29, 1.82) is 0 Å². The first kappa shape index (κ1) is 14.9. The lowest BCUT2D eigenvalue weighted by molar-refractivity contribution is -0.115. The van der Waals surface area contributed by atoms with Crippen LogP contribution in [0, 0.1) is 0 Å². The lowest BCUT2D eigenvalue weighted by Gasteiger charge is -2.08. The Morgan fingerprint density at radius 2 is 1.89 bits per heavy atom. The fourth-order valence-electron chi connectivity index (χ4n) is 1.23. The zero-order valence-electron chi connectivity index (χ0n) is 10.1. The van der Waals surface area contributed by atoms with Crippen LogP contribution in [0.2, 0.25) is 0 Å². The van der Waals surface area contributed by atoms with Gasteiger partial charge in [0.1, 0.15) is 5.38 Å². The van der Waals surface area contributed by atoms with Crippen molar-refractivity contribution in [2.75, 3.05) is 11.9 Å². The van der Waals surface area contributed by atoms with Crippen LogP contribution in [0.4, 0.5) is 5.69 Å². The minimum atomic E-state index is -3.46. The van der Waals surface area contributed by atoms with Gasteiger partial charge in [0.2, 0.25) is 15.9 Å². The first-order valence-corrected chi connectivity index (χ1v) is 7.33. The molecule has 18 heavy (non-hydrogen) atoms. The summed E-state index contributed by atoms with van der Waals surface area (Å²) in [5.74, 6) is -0.334. The van der Waals surface area contributed by atoms with Crippen LogP contribution in [0.5, 0.6) is 0 Å². The lowest BCUT2D eigenvalue weighted by Crippen LogP contribution is -2.23. The van der Waals surface area contributed by atoms with E-state index in [9.17, 15) is 13.2 Å². The molecule has 0 spiro atoms. The highest BCUT2D eigenvalue weighted by Crippen LogP contribution is 2.14. The van der Waals surface area contributed by atoms with E-state index in [1.54, 1.807) is 13.8 Å². The molecule has 100 valence electrons. The maximum atomic E-state index is 11.7. The molecule has 1 aromatic rings. The van der Waals surface area contributed by atoms with Gasteiger partial charge in [-0.3, -0.25) is 4.79 Å². The molecular weight excluding hydrogens is 276 g/mol. The van der Waals surface area contributed by atoms with Crippen LogP contribution in [0.15, 0.2) is 29.2 Å². The number of hydrogen-bond donors (Lipinski definition) is 2. The molecule has 0 aromatic heterocycles. The Morgan fingerprint density at radius 3 is 2.33 bits per heavy atom. The number of alkyl halides is 1. The number of anilines is 1. The number of nitrogens with one attached hydrogen (secondary N) is 2. The molecule has 0 saturated carbocycles. The monoisotopic (exact) mass is 290 g/mol. The van der Waals surface area contributed by atoms with Crippen LogP contribution >= 0.6 is 11.6 Å². The normalized spacial score (nSPS) is 13.1. The smallest absolute Gasteiger partial charge is 0.242 e. The summed E-state index contributed by atoms with van der Waals surface area (Å²) in [6.07, 6.45) is 0. The fraction of sp³-hybridized carbons (Fsp3) is 0.364. The van der Waals surface area contributed by atoms with Crippen molar-refractivity contribution in [3.8, 4) is 0 Å². The molecule has 0 heterocycles. The molecule has 1 atom stereocenters. The van der Waals surface area contributed by atoms with E-state index >= 15 is 0 Å². The van der Waals surface area contributed by atoms with Gasteiger partial charge in [0, 0.05) is 12.2 Å². The SMILES string of the molecule is CCNS(=O)(=O)c1ccc(NC(=O)C(C)Cl)cc1. The summed E-state index contributed by atoms with van der Waals surface area (Å²) in [5, 5.41) is 1.92. The zero-order chi connectivity index (χ0) is 13.8. The van der Waals surface area contributed by atoms with Crippen LogP contribution in [-0.4, -0.2) is 26.2 Å². The van der Waals surface area contributed by atoms with Gasteiger partial charge in [-0.2, -0.15) is 0 Å². The Hall–Kier alpha value is -1.11. The molecule has 1 unspecified atom stereocenters. The van der Waals surface area contributed by atoms with Gasteiger partial charge in [-0.25, -0.2) is 13.1 Å². The van der Waals surface area contributed by atoms with Crippen molar-refractivity contribution in [2.24, 2.45) is 0 Å². The zero-order valence-corrected chi connectivity index (χ0v) is 11.7. The van der Waals surface area contributed by atoms with E-state index in [0.29, 0.717) is 12.2 Å². The Labute approximate surface area is 112 Å². The number of carbonyl (C=O) groups excluding carboxylic acids is 1. The number of carbonyl (C=O) groups is 1. The molecular formula is C11H15ClN2O3S. The van der Waals surface area contributed by atoms with Crippen molar-refractivity contribution in [3.05, 3.63) is 24.3 Å².